The molecule has 0 aromatic heterocycles. The maximum atomic E-state index is 11.8. The van der Waals surface area contributed by atoms with E-state index in [0.717, 1.165) is 25.8 Å². The van der Waals surface area contributed by atoms with Crippen LogP contribution in [0, 0.1) is 0 Å². The van der Waals surface area contributed by atoms with E-state index in [1.165, 1.54) is 0 Å². The van der Waals surface area contributed by atoms with E-state index in [1.54, 1.807) is 30.5 Å². The summed E-state index contributed by atoms with van der Waals surface area (Å²) in [7, 11) is 0. The number of hydrogen-bond donors (Lipinski definition) is 1. The van der Waals surface area contributed by atoms with Crippen LogP contribution < -0.4 is 14.9 Å². The lowest BCUT2D eigenvalue weighted by Crippen LogP contribution is -2.24. The van der Waals surface area contributed by atoms with E-state index in [-0.39, 0.29) is 12.5 Å². The lowest BCUT2D eigenvalue weighted by molar-refractivity contribution is -0.123. The predicted molar refractivity (Wildman–Crippen MR) is 125 cm³/mol. The minimum absolute atomic E-state index is 0.181. The Hall–Kier alpha value is -2.35. The second kappa shape index (κ2) is 11.2. The van der Waals surface area contributed by atoms with E-state index in [9.17, 15) is 4.79 Å². The number of benzene rings is 3. The van der Waals surface area contributed by atoms with Crippen LogP contribution in [0.2, 0.25) is 5.02 Å². The summed E-state index contributed by atoms with van der Waals surface area (Å²) in [6.07, 6.45) is 1.54. The van der Waals surface area contributed by atoms with Crippen molar-refractivity contribution >= 4 is 55.6 Å². The summed E-state index contributed by atoms with van der Waals surface area (Å²) in [5.74, 6) is 0.800. The monoisotopic (exact) mass is 550 g/mol. The normalized spacial score (nSPS) is 10.8. The molecular formula is C22H17Br2ClN2O3. The van der Waals surface area contributed by atoms with E-state index >= 15 is 0 Å². The predicted octanol–water partition coefficient (Wildman–Crippen LogP) is 5.97. The maximum Gasteiger partial charge on any atom is 0.277 e. The number of rotatable bonds is 8. The molecule has 1 N–H and O–H groups in total. The molecule has 0 spiro atoms. The van der Waals surface area contributed by atoms with E-state index in [2.05, 4.69) is 42.4 Å². The summed E-state index contributed by atoms with van der Waals surface area (Å²) in [6, 6.07) is 20.3. The van der Waals surface area contributed by atoms with Crippen molar-refractivity contribution in [2.45, 2.75) is 6.61 Å². The van der Waals surface area contributed by atoms with Crippen LogP contribution in [0.25, 0.3) is 0 Å². The molecule has 0 aliphatic rings. The first-order chi connectivity index (χ1) is 14.5. The highest BCUT2D eigenvalue weighted by atomic mass is 79.9. The highest BCUT2D eigenvalue weighted by molar-refractivity contribution is 9.11. The van der Waals surface area contributed by atoms with E-state index < -0.39 is 0 Å². The van der Waals surface area contributed by atoms with Crippen LogP contribution in [0.1, 0.15) is 11.1 Å². The van der Waals surface area contributed by atoms with Gasteiger partial charge in [0.15, 0.2) is 6.61 Å². The number of hydrogen-bond acceptors (Lipinski definition) is 4. The van der Waals surface area contributed by atoms with Crippen LogP contribution in [0.4, 0.5) is 0 Å². The molecule has 154 valence electrons. The first kappa shape index (κ1) is 22.3. The zero-order valence-corrected chi connectivity index (χ0v) is 19.6. The Kier molecular flexibility index (Phi) is 8.30. The fourth-order valence-electron chi connectivity index (χ4n) is 2.37. The Morgan fingerprint density at radius 2 is 1.80 bits per heavy atom. The minimum atomic E-state index is -0.383. The van der Waals surface area contributed by atoms with Gasteiger partial charge in [0.25, 0.3) is 5.91 Å². The first-order valence-electron chi connectivity index (χ1n) is 8.87. The number of nitrogens with one attached hydrogen (secondary N) is 1. The average molecular weight is 553 g/mol. The molecule has 30 heavy (non-hydrogen) atoms. The summed E-state index contributed by atoms with van der Waals surface area (Å²) in [5.41, 5.74) is 4.28. The molecule has 0 heterocycles. The zero-order valence-electron chi connectivity index (χ0n) is 15.6. The smallest absolute Gasteiger partial charge is 0.277 e. The van der Waals surface area contributed by atoms with Gasteiger partial charge in [-0.25, -0.2) is 5.43 Å². The van der Waals surface area contributed by atoms with E-state index in [4.69, 9.17) is 21.1 Å². The van der Waals surface area contributed by atoms with Gasteiger partial charge < -0.3 is 9.47 Å². The van der Waals surface area contributed by atoms with Gasteiger partial charge in [0.2, 0.25) is 0 Å². The largest absolute Gasteiger partial charge is 0.489 e. The molecule has 0 unspecified atom stereocenters. The highest BCUT2D eigenvalue weighted by Gasteiger charge is 2.05. The molecule has 1 amide bonds. The number of ether oxygens (including phenoxy) is 2. The molecule has 0 saturated heterocycles. The minimum Gasteiger partial charge on any atom is -0.489 e. The molecular weight excluding hydrogens is 536 g/mol. The summed E-state index contributed by atoms with van der Waals surface area (Å²) in [6.45, 7) is 0.266. The van der Waals surface area contributed by atoms with Crippen LogP contribution in [0.5, 0.6) is 11.5 Å². The van der Waals surface area contributed by atoms with Gasteiger partial charge in [0.1, 0.15) is 18.1 Å². The highest BCUT2D eigenvalue weighted by Crippen LogP contribution is 2.24. The number of hydrazone groups is 1. The Balaban J connectivity index is 1.45. The molecule has 0 aliphatic heterocycles. The number of amides is 1. The van der Waals surface area contributed by atoms with Crippen molar-refractivity contribution in [1.82, 2.24) is 5.43 Å². The van der Waals surface area contributed by atoms with E-state index in [1.807, 2.05) is 42.5 Å². The molecule has 0 saturated carbocycles. The van der Waals surface area contributed by atoms with Gasteiger partial charge in [0, 0.05) is 14.5 Å². The third-order valence-corrected chi connectivity index (χ3v) is 5.43. The number of para-hydroxylation sites is 1. The Morgan fingerprint density at radius 3 is 2.53 bits per heavy atom. The number of halogens is 3. The average Bonchev–Trinajstić information content (AvgIpc) is 2.73. The second-order valence-corrected chi connectivity index (χ2v) is 8.28. The van der Waals surface area contributed by atoms with Crippen molar-refractivity contribution in [1.29, 1.82) is 0 Å². The fourth-order valence-corrected chi connectivity index (χ4v) is 3.72. The number of carbonyl (C=O) groups excluding carboxylic acids is 1. The van der Waals surface area contributed by atoms with Crippen LogP contribution in [0.3, 0.4) is 0 Å². The lowest BCUT2D eigenvalue weighted by Gasteiger charge is -2.08. The van der Waals surface area contributed by atoms with Crippen molar-refractivity contribution in [2.24, 2.45) is 5.10 Å². The van der Waals surface area contributed by atoms with E-state index in [0.29, 0.717) is 17.4 Å². The van der Waals surface area contributed by atoms with Crippen LogP contribution in [-0.2, 0) is 11.4 Å². The van der Waals surface area contributed by atoms with Crippen molar-refractivity contribution in [3.63, 3.8) is 0 Å². The Morgan fingerprint density at radius 1 is 1.03 bits per heavy atom. The van der Waals surface area contributed by atoms with Crippen LogP contribution in [0.15, 0.2) is 80.8 Å². The van der Waals surface area contributed by atoms with Gasteiger partial charge in [-0.2, -0.15) is 5.10 Å². The summed E-state index contributed by atoms with van der Waals surface area (Å²) in [4.78, 5) is 11.8. The maximum absolute atomic E-state index is 11.8. The molecule has 0 aliphatic carbocycles. The molecule has 3 rings (SSSR count). The fraction of sp³-hybridized carbons (Fsp3) is 0.0909. The summed E-state index contributed by atoms with van der Waals surface area (Å²) in [5, 5.41) is 4.38. The molecule has 0 bridgehead atoms. The van der Waals surface area contributed by atoms with Crippen molar-refractivity contribution in [2.75, 3.05) is 6.61 Å². The van der Waals surface area contributed by atoms with Gasteiger partial charge in [-0.3, -0.25) is 4.79 Å². The molecule has 3 aromatic carbocycles. The van der Waals surface area contributed by atoms with Gasteiger partial charge in [-0.05, 0) is 54.1 Å². The Bertz CT molecular complexity index is 1040. The van der Waals surface area contributed by atoms with Crippen molar-refractivity contribution in [3.05, 3.63) is 91.8 Å². The molecule has 0 fully saturated rings. The van der Waals surface area contributed by atoms with Crippen LogP contribution in [-0.4, -0.2) is 18.7 Å². The standard InChI is InChI=1S/C22H17Br2ClN2O3/c23-17-8-7-16(19(24)11-17)13-29-18-9-5-15(6-10-18)12-26-27-22(28)14-30-21-4-2-1-3-20(21)25/h1-12H,13-14H2,(H,27,28)/b26-12+. The van der Waals surface area contributed by atoms with Gasteiger partial charge >= 0.3 is 0 Å². The lowest BCUT2D eigenvalue weighted by atomic mass is 10.2. The SMILES string of the molecule is O=C(COc1ccccc1Cl)N/N=C/c1ccc(OCc2ccc(Br)cc2Br)cc1. The number of carbonyl (C=O) groups is 1. The third-order valence-electron chi connectivity index (χ3n) is 3.89. The van der Waals surface area contributed by atoms with Crippen LogP contribution >= 0.6 is 43.5 Å². The topological polar surface area (TPSA) is 59.9 Å². The van der Waals surface area contributed by atoms with Gasteiger partial charge in [-0.15, -0.1) is 0 Å². The second-order valence-electron chi connectivity index (χ2n) is 6.11. The molecule has 8 heteroatoms. The van der Waals surface area contributed by atoms with Crippen molar-refractivity contribution < 1.29 is 14.3 Å². The van der Waals surface area contributed by atoms with Gasteiger partial charge in [0.05, 0.1) is 11.2 Å². The molecule has 0 atom stereocenters. The Labute approximate surface area is 196 Å². The summed E-state index contributed by atoms with van der Waals surface area (Å²) < 4.78 is 13.1. The first-order valence-corrected chi connectivity index (χ1v) is 10.8. The zero-order chi connectivity index (χ0) is 21.3. The quantitative estimate of drug-likeness (QED) is 0.277. The van der Waals surface area contributed by atoms with Crippen molar-refractivity contribution in [3.8, 4) is 11.5 Å². The molecule has 3 aromatic rings. The van der Waals surface area contributed by atoms with Gasteiger partial charge in [-0.1, -0.05) is 61.7 Å². The third kappa shape index (κ3) is 6.86. The molecule has 5 nitrogen and oxygen atoms in total. The summed E-state index contributed by atoms with van der Waals surface area (Å²) >= 11 is 12.9. The number of nitrogens with zero attached hydrogens (tertiary/aromatic N) is 1. The molecule has 0 radical (unpaired) electrons.